The van der Waals surface area contributed by atoms with Crippen molar-refractivity contribution in [2.24, 2.45) is 7.05 Å². The summed E-state index contributed by atoms with van der Waals surface area (Å²) in [6, 6.07) is 11.1. The number of hydrogen-bond acceptors (Lipinski definition) is 5. The van der Waals surface area contributed by atoms with E-state index in [1.54, 1.807) is 41.5 Å². The number of aryl methyl sites for hydroxylation is 1. The van der Waals surface area contributed by atoms with E-state index in [0.717, 1.165) is 24.3 Å². The quantitative estimate of drug-likeness (QED) is 0.680. The third-order valence-electron chi connectivity index (χ3n) is 4.82. The van der Waals surface area contributed by atoms with Gasteiger partial charge in [-0.2, -0.15) is 5.10 Å². The van der Waals surface area contributed by atoms with Crippen LogP contribution >= 0.6 is 11.3 Å². The molecule has 3 heterocycles. The van der Waals surface area contributed by atoms with Gasteiger partial charge in [0, 0.05) is 30.5 Å². The lowest BCUT2D eigenvalue weighted by atomic mass is 10.1. The minimum absolute atomic E-state index is 0.0488. The molecule has 1 unspecified atom stereocenters. The van der Waals surface area contributed by atoms with Crippen LogP contribution in [0.25, 0.3) is 10.8 Å². The van der Waals surface area contributed by atoms with E-state index >= 15 is 0 Å². The second kappa shape index (κ2) is 7.62. The van der Waals surface area contributed by atoms with Crippen LogP contribution in [0.3, 0.4) is 0 Å². The lowest BCUT2D eigenvalue weighted by molar-refractivity contribution is 0.0505. The Morgan fingerprint density at radius 3 is 2.81 bits per heavy atom. The lowest BCUT2D eigenvalue weighted by Gasteiger charge is -2.25. The molecule has 1 atom stereocenters. The van der Waals surface area contributed by atoms with Gasteiger partial charge in [-0.3, -0.25) is 9.59 Å². The monoisotopic (exact) mass is 383 g/mol. The van der Waals surface area contributed by atoms with Crippen LogP contribution < -0.4 is 5.56 Å². The molecule has 1 amide bonds. The molecule has 140 valence electrons. The number of fused-ring (bicyclic) bond motifs is 1. The number of carbonyl (C=O) groups excluding carboxylic acids is 1. The molecule has 7 heteroatoms. The largest absolute Gasteiger partial charge is 0.376 e. The molecule has 1 aliphatic heterocycles. The fourth-order valence-corrected chi connectivity index (χ4v) is 4.17. The molecule has 2 aromatic heterocycles. The minimum Gasteiger partial charge on any atom is -0.376 e. The summed E-state index contributed by atoms with van der Waals surface area (Å²) in [5.74, 6) is -0.175. The van der Waals surface area contributed by atoms with Gasteiger partial charge < -0.3 is 9.64 Å². The summed E-state index contributed by atoms with van der Waals surface area (Å²) in [6.45, 7) is 1.78. The van der Waals surface area contributed by atoms with Gasteiger partial charge in [0.25, 0.3) is 11.5 Å². The molecule has 1 fully saturated rings. The molecule has 0 N–H and O–H groups in total. The fourth-order valence-electron chi connectivity index (χ4n) is 3.45. The average Bonchev–Trinajstić information content (AvgIpc) is 3.38. The summed E-state index contributed by atoms with van der Waals surface area (Å²) >= 11 is 1.62. The average molecular weight is 383 g/mol. The number of thiophene rings is 1. The Balaban J connectivity index is 1.73. The van der Waals surface area contributed by atoms with E-state index in [1.165, 1.54) is 4.68 Å². The van der Waals surface area contributed by atoms with Crippen molar-refractivity contribution in [1.29, 1.82) is 0 Å². The first-order valence-corrected chi connectivity index (χ1v) is 9.91. The molecule has 3 aromatic rings. The molecule has 0 radical (unpaired) electrons. The summed E-state index contributed by atoms with van der Waals surface area (Å²) in [7, 11) is 1.58. The normalized spacial score (nSPS) is 16.7. The van der Waals surface area contributed by atoms with Crippen molar-refractivity contribution in [2.45, 2.75) is 25.5 Å². The van der Waals surface area contributed by atoms with Crippen molar-refractivity contribution in [2.75, 3.05) is 13.2 Å². The van der Waals surface area contributed by atoms with Crippen molar-refractivity contribution in [1.82, 2.24) is 14.7 Å². The summed E-state index contributed by atoms with van der Waals surface area (Å²) in [6.07, 6.45) is 2.02. The predicted molar refractivity (Wildman–Crippen MR) is 105 cm³/mol. The maximum absolute atomic E-state index is 13.4. The number of hydrogen-bond donors (Lipinski definition) is 0. The Morgan fingerprint density at radius 2 is 2.11 bits per heavy atom. The molecule has 0 bridgehead atoms. The van der Waals surface area contributed by atoms with Gasteiger partial charge in [0.2, 0.25) is 0 Å². The number of ether oxygens (including phenoxy) is 1. The Morgan fingerprint density at radius 1 is 1.30 bits per heavy atom. The second-order valence-corrected chi connectivity index (χ2v) is 7.76. The lowest BCUT2D eigenvalue weighted by Crippen LogP contribution is -2.38. The molecule has 1 saturated heterocycles. The highest BCUT2D eigenvalue weighted by Gasteiger charge is 2.26. The van der Waals surface area contributed by atoms with Crippen LogP contribution in [0.2, 0.25) is 0 Å². The Kier molecular flexibility index (Phi) is 5.05. The van der Waals surface area contributed by atoms with E-state index in [9.17, 15) is 9.59 Å². The molecule has 27 heavy (non-hydrogen) atoms. The van der Waals surface area contributed by atoms with Gasteiger partial charge in [-0.1, -0.05) is 24.3 Å². The highest BCUT2D eigenvalue weighted by atomic mass is 32.1. The van der Waals surface area contributed by atoms with Gasteiger partial charge in [0.1, 0.15) is 0 Å². The van der Waals surface area contributed by atoms with Crippen LogP contribution in [0.5, 0.6) is 0 Å². The van der Waals surface area contributed by atoms with E-state index in [0.29, 0.717) is 29.6 Å². The first kappa shape index (κ1) is 17.9. The summed E-state index contributed by atoms with van der Waals surface area (Å²) < 4.78 is 6.99. The van der Waals surface area contributed by atoms with Crippen LogP contribution in [-0.2, 0) is 18.3 Å². The highest BCUT2D eigenvalue weighted by molar-refractivity contribution is 7.09. The maximum Gasteiger partial charge on any atom is 0.275 e. The van der Waals surface area contributed by atoms with Gasteiger partial charge in [-0.05, 0) is 30.4 Å². The molecule has 4 rings (SSSR count). The van der Waals surface area contributed by atoms with Crippen molar-refractivity contribution < 1.29 is 9.53 Å². The smallest absolute Gasteiger partial charge is 0.275 e. The van der Waals surface area contributed by atoms with E-state index in [1.807, 2.05) is 23.6 Å². The zero-order valence-electron chi connectivity index (χ0n) is 15.1. The zero-order chi connectivity index (χ0) is 18.8. The molecule has 1 aromatic carbocycles. The molecular formula is C20H21N3O3S. The number of rotatable bonds is 5. The fraction of sp³-hybridized carbons (Fsp3) is 0.350. The van der Waals surface area contributed by atoms with Crippen molar-refractivity contribution in [3.05, 3.63) is 62.7 Å². The topological polar surface area (TPSA) is 64.4 Å². The van der Waals surface area contributed by atoms with Crippen LogP contribution in [-0.4, -0.2) is 39.8 Å². The van der Waals surface area contributed by atoms with Gasteiger partial charge in [0.05, 0.1) is 18.0 Å². The number of benzene rings is 1. The molecule has 1 aliphatic rings. The van der Waals surface area contributed by atoms with E-state index in [-0.39, 0.29) is 17.6 Å². The van der Waals surface area contributed by atoms with Crippen LogP contribution in [0, 0.1) is 0 Å². The van der Waals surface area contributed by atoms with Gasteiger partial charge >= 0.3 is 0 Å². The summed E-state index contributed by atoms with van der Waals surface area (Å²) in [5, 5.41) is 7.40. The highest BCUT2D eigenvalue weighted by Crippen LogP contribution is 2.21. The maximum atomic E-state index is 13.4. The van der Waals surface area contributed by atoms with E-state index < -0.39 is 0 Å². The van der Waals surface area contributed by atoms with Crippen LogP contribution in [0.4, 0.5) is 0 Å². The Labute approximate surface area is 161 Å². The number of amides is 1. The first-order valence-electron chi connectivity index (χ1n) is 9.03. The third-order valence-corrected chi connectivity index (χ3v) is 5.68. The molecule has 0 spiro atoms. The van der Waals surface area contributed by atoms with Crippen molar-refractivity contribution >= 4 is 28.0 Å². The Hall–Kier alpha value is -2.51. The standard InChI is InChI=1S/C20H21N3O3S/c1-22-19(24)17-9-3-2-8-16(17)18(21-22)20(25)23(12-14-6-4-10-26-14)13-15-7-5-11-27-15/h2-3,5,7-9,11,14H,4,6,10,12-13H2,1H3. The zero-order valence-corrected chi connectivity index (χ0v) is 15.9. The number of aromatic nitrogens is 2. The predicted octanol–water partition coefficient (Wildman–Crippen LogP) is 2.82. The second-order valence-electron chi connectivity index (χ2n) is 6.72. The van der Waals surface area contributed by atoms with E-state index in [2.05, 4.69) is 5.10 Å². The minimum atomic E-state index is -0.203. The SMILES string of the molecule is Cn1nc(C(=O)N(Cc2cccs2)CC2CCCO2)c2ccccc2c1=O. The van der Waals surface area contributed by atoms with Gasteiger partial charge in [0.15, 0.2) is 5.69 Å². The Bertz CT molecular complexity index is 1010. The molecule has 0 aliphatic carbocycles. The molecule has 6 nitrogen and oxygen atoms in total. The van der Waals surface area contributed by atoms with Crippen LogP contribution in [0.15, 0.2) is 46.6 Å². The number of nitrogens with zero attached hydrogens (tertiary/aromatic N) is 3. The third kappa shape index (κ3) is 3.65. The molecule has 0 saturated carbocycles. The van der Waals surface area contributed by atoms with Crippen LogP contribution in [0.1, 0.15) is 28.2 Å². The van der Waals surface area contributed by atoms with Gasteiger partial charge in [-0.15, -0.1) is 11.3 Å². The summed E-state index contributed by atoms with van der Waals surface area (Å²) in [5.41, 5.74) is 0.105. The first-order chi connectivity index (χ1) is 13.1. The van der Waals surface area contributed by atoms with Gasteiger partial charge in [-0.25, -0.2) is 4.68 Å². The number of carbonyl (C=O) groups is 1. The molecular weight excluding hydrogens is 362 g/mol. The summed E-state index contributed by atoms with van der Waals surface area (Å²) in [4.78, 5) is 28.7. The van der Waals surface area contributed by atoms with E-state index in [4.69, 9.17) is 4.74 Å². The van der Waals surface area contributed by atoms with Crippen molar-refractivity contribution in [3.63, 3.8) is 0 Å². The van der Waals surface area contributed by atoms with Crippen molar-refractivity contribution in [3.8, 4) is 0 Å².